The third-order valence-corrected chi connectivity index (χ3v) is 5.56. The van der Waals surface area contributed by atoms with E-state index in [1.54, 1.807) is 0 Å². The van der Waals surface area contributed by atoms with Crippen LogP contribution in [0.3, 0.4) is 0 Å². The summed E-state index contributed by atoms with van der Waals surface area (Å²) in [5.41, 5.74) is 1.30. The fourth-order valence-electron chi connectivity index (χ4n) is 3.30. The number of amides is 1. The molecule has 1 aliphatic heterocycles. The van der Waals surface area contributed by atoms with Gasteiger partial charge in [0.2, 0.25) is 0 Å². The van der Waals surface area contributed by atoms with Gasteiger partial charge in [0.15, 0.2) is 5.13 Å². The van der Waals surface area contributed by atoms with Crippen molar-refractivity contribution in [1.29, 1.82) is 0 Å². The maximum atomic E-state index is 13.1. The van der Waals surface area contributed by atoms with Gasteiger partial charge in [0, 0.05) is 19.2 Å². The van der Waals surface area contributed by atoms with Crippen LogP contribution in [0.15, 0.2) is 65.6 Å². The minimum absolute atomic E-state index is 0.00848. The van der Waals surface area contributed by atoms with E-state index in [2.05, 4.69) is 15.3 Å². The third kappa shape index (κ3) is 2.74. The smallest absolute Gasteiger partial charge is 0.285 e. The van der Waals surface area contributed by atoms with Gasteiger partial charge in [-0.25, -0.2) is 14.6 Å². The van der Waals surface area contributed by atoms with Crippen molar-refractivity contribution < 1.29 is 4.79 Å². The molecule has 7 nitrogen and oxygen atoms in total. The highest BCUT2D eigenvalue weighted by Crippen LogP contribution is 2.25. The molecule has 138 valence electrons. The van der Waals surface area contributed by atoms with E-state index in [0.29, 0.717) is 23.9 Å². The zero-order valence-electron chi connectivity index (χ0n) is 14.7. The van der Waals surface area contributed by atoms with Gasteiger partial charge >= 0.3 is 0 Å². The molecule has 4 aromatic rings. The topological polar surface area (TPSA) is 80.1 Å². The van der Waals surface area contributed by atoms with Crippen molar-refractivity contribution in [2.75, 3.05) is 16.9 Å². The van der Waals surface area contributed by atoms with Gasteiger partial charge in [0.05, 0.1) is 15.9 Å². The molecule has 0 saturated heterocycles. The number of nitrogens with zero attached hydrogens (tertiary/aromatic N) is 4. The summed E-state index contributed by atoms with van der Waals surface area (Å²) in [5, 5.41) is 5.03. The van der Waals surface area contributed by atoms with Crippen LogP contribution in [-0.4, -0.2) is 27.1 Å². The summed E-state index contributed by atoms with van der Waals surface area (Å²) >= 11 is 1.37. The Morgan fingerprint density at radius 2 is 1.86 bits per heavy atom. The van der Waals surface area contributed by atoms with Gasteiger partial charge in [-0.15, -0.1) is 0 Å². The Kier molecular flexibility index (Phi) is 3.91. The second kappa shape index (κ2) is 6.58. The molecular formula is C20H15N5O2S. The molecule has 2 aromatic heterocycles. The maximum Gasteiger partial charge on any atom is 0.285 e. The number of carbonyl (C=O) groups is 1. The average Bonchev–Trinajstić information content (AvgIpc) is 3.32. The van der Waals surface area contributed by atoms with Crippen molar-refractivity contribution in [3.63, 3.8) is 0 Å². The van der Waals surface area contributed by atoms with E-state index in [1.165, 1.54) is 22.2 Å². The van der Waals surface area contributed by atoms with E-state index in [1.807, 2.05) is 59.6 Å². The molecule has 0 spiro atoms. The minimum atomic E-state index is -0.508. The third-order valence-electron chi connectivity index (χ3n) is 4.61. The number of hydrogen-bond acceptors (Lipinski definition) is 6. The van der Waals surface area contributed by atoms with E-state index in [4.69, 9.17) is 0 Å². The first kappa shape index (κ1) is 16.6. The minimum Gasteiger partial charge on any atom is -0.298 e. The normalized spacial score (nSPS) is 12.9. The molecule has 0 aliphatic carbocycles. The van der Waals surface area contributed by atoms with Gasteiger partial charge in [0.1, 0.15) is 11.4 Å². The van der Waals surface area contributed by atoms with Gasteiger partial charge in [-0.05, 0) is 24.3 Å². The summed E-state index contributed by atoms with van der Waals surface area (Å²) in [6, 6.07) is 17.2. The molecular weight excluding hydrogens is 374 g/mol. The van der Waals surface area contributed by atoms with Crippen LogP contribution in [0.5, 0.6) is 0 Å². The van der Waals surface area contributed by atoms with Gasteiger partial charge in [-0.1, -0.05) is 41.7 Å². The van der Waals surface area contributed by atoms with Crippen LogP contribution in [0, 0.1) is 0 Å². The molecule has 8 heteroatoms. The number of nitrogens with one attached hydrogen (secondary N) is 1. The summed E-state index contributed by atoms with van der Waals surface area (Å²) in [7, 11) is 0. The van der Waals surface area contributed by atoms with Crippen molar-refractivity contribution in [1.82, 2.24) is 14.6 Å². The van der Waals surface area contributed by atoms with Gasteiger partial charge in [0.25, 0.3) is 11.5 Å². The predicted octanol–water partition coefficient (Wildman–Crippen LogP) is 2.93. The van der Waals surface area contributed by atoms with Crippen LogP contribution in [0.2, 0.25) is 0 Å². The summed E-state index contributed by atoms with van der Waals surface area (Å²) in [4.78, 5) is 34.5. The van der Waals surface area contributed by atoms with Crippen molar-refractivity contribution >= 4 is 38.3 Å². The Balaban J connectivity index is 1.49. The Bertz CT molecular complexity index is 1220. The summed E-state index contributed by atoms with van der Waals surface area (Å²) in [5.74, 6) is 0.136. The van der Waals surface area contributed by atoms with Crippen molar-refractivity contribution in [3.05, 3.63) is 82.5 Å². The second-order valence-corrected chi connectivity index (χ2v) is 7.39. The summed E-state index contributed by atoms with van der Waals surface area (Å²) in [6.07, 6.45) is 2.00. The van der Waals surface area contributed by atoms with Crippen LogP contribution in [-0.2, 0) is 6.42 Å². The molecule has 0 fully saturated rings. The summed E-state index contributed by atoms with van der Waals surface area (Å²) < 4.78 is 2.46. The fraction of sp³-hybridized carbons (Fsp3) is 0.100. The van der Waals surface area contributed by atoms with E-state index in [-0.39, 0.29) is 11.1 Å². The monoisotopic (exact) mass is 389 g/mol. The molecule has 1 N–H and O–H groups in total. The van der Waals surface area contributed by atoms with Gasteiger partial charge in [-0.3, -0.25) is 19.9 Å². The number of rotatable bonds is 3. The van der Waals surface area contributed by atoms with Crippen molar-refractivity contribution in [2.45, 2.75) is 6.42 Å². The molecule has 5 rings (SSSR count). The Morgan fingerprint density at radius 3 is 2.68 bits per heavy atom. The Labute approximate surface area is 163 Å². The van der Waals surface area contributed by atoms with Gasteiger partial charge in [-0.2, -0.15) is 0 Å². The molecule has 0 unspecified atom stereocenters. The molecule has 28 heavy (non-hydrogen) atoms. The standard InChI is InChI=1S/C20H15N5O2S/c26-18(23-20-22-15-8-4-5-9-16(15)28-20)14-12-21-17-10-11-24(25(17)19(14)27)13-6-2-1-3-7-13/h1-9,12H,10-11H2,(H,22,23,26). The van der Waals surface area contributed by atoms with Crippen LogP contribution in [0.1, 0.15) is 16.2 Å². The van der Waals surface area contributed by atoms with Crippen LogP contribution < -0.4 is 15.9 Å². The SMILES string of the molecule is O=C(Nc1nc2ccccc2s1)c1cnc2n(c1=O)N(c1ccccc1)CC2. The molecule has 0 atom stereocenters. The molecule has 0 radical (unpaired) electrons. The highest BCUT2D eigenvalue weighted by Gasteiger charge is 2.26. The second-order valence-electron chi connectivity index (χ2n) is 6.35. The number of hydrogen-bond donors (Lipinski definition) is 1. The molecule has 3 heterocycles. The molecule has 2 aromatic carbocycles. The largest absolute Gasteiger partial charge is 0.298 e. The number of fused-ring (bicyclic) bond motifs is 2. The fourth-order valence-corrected chi connectivity index (χ4v) is 4.16. The van der Waals surface area contributed by atoms with E-state index >= 15 is 0 Å². The highest BCUT2D eigenvalue weighted by molar-refractivity contribution is 7.22. The molecule has 1 aliphatic rings. The number of para-hydroxylation sites is 2. The predicted molar refractivity (Wildman–Crippen MR) is 109 cm³/mol. The molecule has 1 amide bonds. The number of carbonyl (C=O) groups excluding carboxylic acids is 1. The van der Waals surface area contributed by atoms with Crippen LogP contribution in [0.25, 0.3) is 10.2 Å². The van der Waals surface area contributed by atoms with Gasteiger partial charge < -0.3 is 0 Å². The number of thiazole rings is 1. The van der Waals surface area contributed by atoms with E-state index < -0.39 is 5.91 Å². The van der Waals surface area contributed by atoms with Crippen molar-refractivity contribution in [3.8, 4) is 0 Å². The number of benzene rings is 2. The molecule has 0 bridgehead atoms. The molecule has 0 saturated carbocycles. The lowest BCUT2D eigenvalue weighted by molar-refractivity contribution is 0.102. The average molecular weight is 389 g/mol. The zero-order chi connectivity index (χ0) is 19.1. The zero-order valence-corrected chi connectivity index (χ0v) is 15.5. The number of anilines is 2. The quantitative estimate of drug-likeness (QED) is 0.583. The van der Waals surface area contributed by atoms with Crippen molar-refractivity contribution in [2.24, 2.45) is 0 Å². The lowest BCUT2D eigenvalue weighted by Gasteiger charge is -2.21. The van der Waals surface area contributed by atoms with Crippen LogP contribution >= 0.6 is 11.3 Å². The Hall–Kier alpha value is -3.52. The first-order valence-electron chi connectivity index (χ1n) is 8.81. The highest BCUT2D eigenvalue weighted by atomic mass is 32.1. The van der Waals surface area contributed by atoms with Crippen LogP contribution in [0.4, 0.5) is 10.8 Å². The maximum absolute atomic E-state index is 13.1. The Morgan fingerprint density at radius 1 is 1.07 bits per heavy atom. The first-order valence-corrected chi connectivity index (χ1v) is 9.63. The first-order chi connectivity index (χ1) is 13.7. The lowest BCUT2D eigenvalue weighted by atomic mass is 10.3. The summed E-state index contributed by atoms with van der Waals surface area (Å²) in [6.45, 7) is 0.634. The van der Waals surface area contributed by atoms with E-state index in [9.17, 15) is 9.59 Å². The van der Waals surface area contributed by atoms with E-state index in [0.717, 1.165) is 15.9 Å². The number of aromatic nitrogens is 3. The lowest BCUT2D eigenvalue weighted by Crippen LogP contribution is -2.39.